The Balaban J connectivity index is 0.00000784. The Morgan fingerprint density at radius 2 is 0.586 bits per heavy atom. The van der Waals surface area contributed by atoms with Crippen LogP contribution in [-0.2, 0) is 41.6 Å². The largest absolute Gasteiger partial charge is 0.480 e. The fraction of sp³-hybridized carbons (Fsp3) is 0.750. The number of carboxylic acid groups (broad SMARTS) is 4. The SMILES string of the molecule is O=C(O)CN1CCN(CC(=O)O)CCN(CC(=O)O)CCN(CC(=O)O)CC1.[Au]. The maximum Gasteiger partial charge on any atom is 0.317 e. The maximum absolute atomic E-state index is 11.1. The number of aliphatic carboxylic acids is 4. The van der Waals surface area contributed by atoms with Gasteiger partial charge in [0.2, 0.25) is 0 Å². The van der Waals surface area contributed by atoms with Crippen molar-refractivity contribution in [3.63, 3.8) is 0 Å². The predicted molar refractivity (Wildman–Crippen MR) is 96.3 cm³/mol. The first-order valence-corrected chi connectivity index (χ1v) is 8.92. The third-order valence-electron chi connectivity index (χ3n) is 4.37. The summed E-state index contributed by atoms with van der Waals surface area (Å²) in [6.07, 6.45) is 0. The van der Waals surface area contributed by atoms with Crippen molar-refractivity contribution in [3.05, 3.63) is 0 Å². The molecule has 1 saturated heterocycles. The predicted octanol–water partition coefficient (Wildman–Crippen LogP) is -2.46. The van der Waals surface area contributed by atoms with Crippen molar-refractivity contribution in [2.75, 3.05) is 78.5 Å². The van der Waals surface area contributed by atoms with Crippen LogP contribution in [0.15, 0.2) is 0 Å². The van der Waals surface area contributed by atoms with Crippen molar-refractivity contribution in [3.8, 4) is 0 Å². The van der Waals surface area contributed by atoms with Crippen LogP contribution in [0.4, 0.5) is 0 Å². The summed E-state index contributed by atoms with van der Waals surface area (Å²) in [5, 5.41) is 36.3. The van der Waals surface area contributed by atoms with E-state index in [0.717, 1.165) is 0 Å². The summed E-state index contributed by atoms with van der Waals surface area (Å²) in [5.74, 6) is -4.08. The average molecular weight is 601 g/mol. The second-order valence-corrected chi connectivity index (χ2v) is 6.68. The van der Waals surface area contributed by atoms with Crippen molar-refractivity contribution in [1.29, 1.82) is 0 Å². The first-order chi connectivity index (χ1) is 13.2. The number of carbonyl (C=O) groups is 4. The van der Waals surface area contributed by atoms with Crippen LogP contribution in [0, 0.1) is 0 Å². The van der Waals surface area contributed by atoms with Gasteiger partial charge in [-0.3, -0.25) is 38.8 Å². The van der Waals surface area contributed by atoms with Gasteiger partial charge in [0.1, 0.15) is 0 Å². The zero-order chi connectivity index (χ0) is 21.1. The van der Waals surface area contributed by atoms with Gasteiger partial charge in [0.05, 0.1) is 26.2 Å². The van der Waals surface area contributed by atoms with Crippen LogP contribution in [0.2, 0.25) is 0 Å². The fourth-order valence-corrected chi connectivity index (χ4v) is 2.98. The molecule has 29 heavy (non-hydrogen) atoms. The van der Waals surface area contributed by atoms with Crippen molar-refractivity contribution in [2.24, 2.45) is 0 Å². The molecule has 0 aromatic rings. The molecular formula is C16H28AuN4O8. The van der Waals surface area contributed by atoms with E-state index >= 15 is 0 Å². The van der Waals surface area contributed by atoms with Crippen LogP contribution >= 0.6 is 0 Å². The number of hydrogen-bond donors (Lipinski definition) is 4. The van der Waals surface area contributed by atoms with Crippen molar-refractivity contribution >= 4 is 23.9 Å². The zero-order valence-corrected chi connectivity index (χ0v) is 18.2. The third kappa shape index (κ3) is 13.3. The molecule has 0 saturated carbocycles. The average Bonchev–Trinajstić information content (AvgIpc) is 2.55. The summed E-state index contributed by atoms with van der Waals surface area (Å²) in [6.45, 7) is 1.52. The Morgan fingerprint density at radius 1 is 0.448 bits per heavy atom. The molecule has 0 amide bonds. The van der Waals surface area contributed by atoms with E-state index < -0.39 is 23.9 Å². The van der Waals surface area contributed by atoms with E-state index in [2.05, 4.69) is 0 Å². The van der Waals surface area contributed by atoms with Gasteiger partial charge < -0.3 is 20.4 Å². The van der Waals surface area contributed by atoms with Gasteiger partial charge >= 0.3 is 23.9 Å². The quantitative estimate of drug-likeness (QED) is 0.218. The van der Waals surface area contributed by atoms with Crippen LogP contribution < -0.4 is 0 Å². The van der Waals surface area contributed by atoms with Gasteiger partial charge in [0, 0.05) is 74.7 Å². The molecule has 12 nitrogen and oxygen atoms in total. The molecule has 171 valence electrons. The number of carboxylic acids is 4. The number of hydrogen-bond acceptors (Lipinski definition) is 8. The second-order valence-electron chi connectivity index (χ2n) is 6.68. The molecule has 0 atom stereocenters. The molecule has 1 rings (SSSR count). The molecule has 0 aliphatic carbocycles. The first kappa shape index (κ1) is 27.5. The molecule has 1 aliphatic heterocycles. The maximum atomic E-state index is 11.1. The van der Waals surface area contributed by atoms with Gasteiger partial charge in [-0.2, -0.15) is 0 Å². The molecule has 1 fully saturated rings. The Bertz CT molecular complexity index is 453. The summed E-state index contributed by atoms with van der Waals surface area (Å²) in [6, 6.07) is 0. The van der Waals surface area contributed by atoms with Gasteiger partial charge in [-0.25, -0.2) is 0 Å². The van der Waals surface area contributed by atoms with E-state index in [1.165, 1.54) is 0 Å². The van der Waals surface area contributed by atoms with E-state index in [-0.39, 0.29) is 48.6 Å². The normalized spacial score (nSPS) is 18.8. The van der Waals surface area contributed by atoms with Gasteiger partial charge in [-0.15, -0.1) is 0 Å². The topological polar surface area (TPSA) is 162 Å². The van der Waals surface area contributed by atoms with Crippen molar-refractivity contribution < 1.29 is 62.0 Å². The van der Waals surface area contributed by atoms with Gasteiger partial charge in [0.25, 0.3) is 0 Å². The summed E-state index contributed by atoms with van der Waals surface area (Å²) in [5.41, 5.74) is 0. The van der Waals surface area contributed by atoms with Crippen LogP contribution in [0.25, 0.3) is 0 Å². The monoisotopic (exact) mass is 601 g/mol. The summed E-state index contributed by atoms with van der Waals surface area (Å²) < 4.78 is 0. The van der Waals surface area contributed by atoms with E-state index in [1.54, 1.807) is 19.6 Å². The minimum atomic E-state index is -1.02. The Morgan fingerprint density at radius 3 is 0.690 bits per heavy atom. The molecule has 0 spiro atoms. The summed E-state index contributed by atoms with van der Waals surface area (Å²) >= 11 is 0. The van der Waals surface area contributed by atoms with Gasteiger partial charge in [0.15, 0.2) is 0 Å². The summed E-state index contributed by atoms with van der Waals surface area (Å²) in [4.78, 5) is 50.9. The molecule has 0 unspecified atom stereocenters. The van der Waals surface area contributed by atoms with E-state index in [1.807, 2.05) is 0 Å². The Hall–Kier alpha value is -1.54. The Labute approximate surface area is 184 Å². The zero-order valence-electron chi connectivity index (χ0n) is 16.0. The molecule has 1 aliphatic rings. The third-order valence-corrected chi connectivity index (χ3v) is 4.37. The van der Waals surface area contributed by atoms with Gasteiger partial charge in [-0.05, 0) is 0 Å². The van der Waals surface area contributed by atoms with Crippen LogP contribution in [-0.4, -0.2) is 142 Å². The summed E-state index contributed by atoms with van der Waals surface area (Å²) in [7, 11) is 0. The first-order valence-electron chi connectivity index (χ1n) is 8.92. The number of rotatable bonds is 8. The minimum Gasteiger partial charge on any atom is -0.480 e. The minimum absolute atomic E-state index is 0. The molecule has 0 bridgehead atoms. The van der Waals surface area contributed by atoms with Crippen LogP contribution in [0.1, 0.15) is 0 Å². The molecule has 4 N–H and O–H groups in total. The van der Waals surface area contributed by atoms with Crippen molar-refractivity contribution in [2.45, 2.75) is 0 Å². The molecule has 0 aromatic carbocycles. The van der Waals surface area contributed by atoms with Crippen LogP contribution in [0.5, 0.6) is 0 Å². The molecule has 1 heterocycles. The van der Waals surface area contributed by atoms with Gasteiger partial charge in [-0.1, -0.05) is 0 Å². The smallest absolute Gasteiger partial charge is 0.317 e. The van der Waals surface area contributed by atoms with Crippen molar-refractivity contribution in [1.82, 2.24) is 19.6 Å². The van der Waals surface area contributed by atoms with E-state index in [0.29, 0.717) is 52.4 Å². The van der Waals surface area contributed by atoms with E-state index in [9.17, 15) is 19.2 Å². The second kappa shape index (κ2) is 14.4. The number of nitrogens with zero attached hydrogens (tertiary/aromatic N) is 4. The standard InChI is InChI=1S/C16H28N4O8.Au/c21-13(22)9-17-1-2-18(10-14(23)24)5-6-20(12-16(27)28)8-7-19(4-3-17)11-15(25)26;/h1-12H2,(H,21,22)(H,23,24)(H,25,26)(H,27,28);. The van der Waals surface area contributed by atoms with Crippen LogP contribution in [0.3, 0.4) is 0 Å². The molecule has 0 aromatic heterocycles. The van der Waals surface area contributed by atoms with E-state index in [4.69, 9.17) is 20.4 Å². The molecule has 1 radical (unpaired) electrons. The fourth-order valence-electron chi connectivity index (χ4n) is 2.98. The molecular weight excluding hydrogens is 573 g/mol. The molecule has 13 heteroatoms. The Kier molecular flexibility index (Phi) is 13.7.